The predicted octanol–water partition coefficient (Wildman–Crippen LogP) is 0.913. The van der Waals surface area contributed by atoms with E-state index in [1.54, 1.807) is 0 Å². The monoisotopic (exact) mass is 267 g/mol. The molecule has 0 aromatic carbocycles. The molecule has 0 bridgehead atoms. The van der Waals surface area contributed by atoms with Crippen LogP contribution in [0.25, 0.3) is 0 Å². The normalized spacial score (nSPS) is 19.2. The third-order valence-electron chi connectivity index (χ3n) is 2.86. The lowest BCUT2D eigenvalue weighted by atomic mass is 10.2. The van der Waals surface area contributed by atoms with Crippen LogP contribution in [0.15, 0.2) is 12.3 Å². The highest BCUT2D eigenvalue weighted by Gasteiger charge is 2.24. The second-order valence-corrected chi connectivity index (χ2v) is 4.25. The van der Waals surface area contributed by atoms with Gasteiger partial charge in [-0.05, 0) is 6.92 Å². The standard InChI is InChI=1S/C11H13N3O5/c1-7-6-13(2-3-19-7)10-4-8(11(15)16)9(5-12-10)14(17)18/h4-5,7H,2-3,6H2,1H3,(H,15,16). The molecule has 1 atom stereocenters. The first-order valence-electron chi connectivity index (χ1n) is 5.73. The van der Waals surface area contributed by atoms with Gasteiger partial charge in [-0.25, -0.2) is 9.78 Å². The number of pyridine rings is 1. The van der Waals surface area contributed by atoms with Gasteiger partial charge in [0.25, 0.3) is 0 Å². The van der Waals surface area contributed by atoms with Crippen LogP contribution >= 0.6 is 0 Å². The van der Waals surface area contributed by atoms with Crippen molar-refractivity contribution in [1.29, 1.82) is 0 Å². The highest BCUT2D eigenvalue weighted by atomic mass is 16.6. The Balaban J connectivity index is 2.35. The summed E-state index contributed by atoms with van der Waals surface area (Å²) in [6, 6.07) is 1.23. The van der Waals surface area contributed by atoms with Crippen LogP contribution < -0.4 is 4.90 Å². The minimum absolute atomic E-state index is 0.0130. The van der Waals surface area contributed by atoms with Crippen molar-refractivity contribution in [2.75, 3.05) is 24.6 Å². The number of carbonyl (C=O) groups is 1. The maximum Gasteiger partial charge on any atom is 0.342 e. The number of aromatic carboxylic acids is 1. The average Bonchev–Trinajstić information content (AvgIpc) is 2.37. The first-order chi connectivity index (χ1) is 8.99. The molecule has 0 saturated carbocycles. The number of ether oxygens (including phenoxy) is 1. The molecule has 1 fully saturated rings. The van der Waals surface area contributed by atoms with E-state index in [0.29, 0.717) is 25.5 Å². The van der Waals surface area contributed by atoms with Crippen molar-refractivity contribution < 1.29 is 19.6 Å². The maximum atomic E-state index is 11.1. The molecule has 2 rings (SSSR count). The van der Waals surface area contributed by atoms with Crippen LogP contribution in [0.3, 0.4) is 0 Å². The topological polar surface area (TPSA) is 106 Å². The van der Waals surface area contributed by atoms with Crippen molar-refractivity contribution in [3.8, 4) is 0 Å². The van der Waals surface area contributed by atoms with Crippen molar-refractivity contribution in [1.82, 2.24) is 4.98 Å². The number of aromatic nitrogens is 1. The number of nitro groups is 1. The summed E-state index contributed by atoms with van der Waals surface area (Å²) in [6.45, 7) is 3.57. The number of rotatable bonds is 3. The van der Waals surface area contributed by atoms with Gasteiger partial charge >= 0.3 is 11.7 Å². The van der Waals surface area contributed by atoms with E-state index in [4.69, 9.17) is 9.84 Å². The number of carboxylic acid groups (broad SMARTS) is 1. The van der Waals surface area contributed by atoms with E-state index in [1.807, 2.05) is 11.8 Å². The van der Waals surface area contributed by atoms with Crippen molar-refractivity contribution in [3.05, 3.63) is 27.9 Å². The van der Waals surface area contributed by atoms with Gasteiger partial charge in [-0.2, -0.15) is 0 Å². The third kappa shape index (κ3) is 2.79. The van der Waals surface area contributed by atoms with Gasteiger partial charge in [-0.15, -0.1) is 0 Å². The SMILES string of the molecule is CC1CN(c2cc(C(=O)O)c([N+](=O)[O-])cn2)CCO1. The Bertz CT molecular complexity index is 519. The van der Waals surface area contributed by atoms with E-state index >= 15 is 0 Å². The van der Waals surface area contributed by atoms with E-state index in [0.717, 1.165) is 6.20 Å². The van der Waals surface area contributed by atoms with Crippen molar-refractivity contribution in [2.45, 2.75) is 13.0 Å². The van der Waals surface area contributed by atoms with E-state index in [2.05, 4.69) is 4.98 Å². The van der Waals surface area contributed by atoms with Gasteiger partial charge in [0.15, 0.2) is 0 Å². The Hall–Kier alpha value is -2.22. The summed E-state index contributed by atoms with van der Waals surface area (Å²) in [7, 11) is 0. The summed E-state index contributed by atoms with van der Waals surface area (Å²) in [5.74, 6) is -0.921. The molecule has 1 saturated heterocycles. The number of nitrogens with zero attached hydrogens (tertiary/aromatic N) is 3. The van der Waals surface area contributed by atoms with Crippen LogP contribution in [-0.2, 0) is 4.74 Å². The summed E-state index contributed by atoms with van der Waals surface area (Å²) < 4.78 is 5.38. The molecule has 1 aliphatic heterocycles. The van der Waals surface area contributed by atoms with E-state index in [9.17, 15) is 14.9 Å². The van der Waals surface area contributed by atoms with Gasteiger partial charge < -0.3 is 14.7 Å². The maximum absolute atomic E-state index is 11.1. The zero-order chi connectivity index (χ0) is 14.0. The van der Waals surface area contributed by atoms with Gasteiger partial charge in [0.05, 0.1) is 17.6 Å². The lowest BCUT2D eigenvalue weighted by molar-refractivity contribution is -0.385. The molecule has 0 spiro atoms. The fourth-order valence-electron chi connectivity index (χ4n) is 1.95. The number of morpholine rings is 1. The highest BCUT2D eigenvalue weighted by Crippen LogP contribution is 2.23. The number of hydrogen-bond acceptors (Lipinski definition) is 6. The van der Waals surface area contributed by atoms with Crippen molar-refractivity contribution in [3.63, 3.8) is 0 Å². The van der Waals surface area contributed by atoms with Gasteiger partial charge in [0.2, 0.25) is 0 Å². The summed E-state index contributed by atoms with van der Waals surface area (Å²) >= 11 is 0. The molecule has 1 aliphatic rings. The Morgan fingerprint density at radius 3 is 3.00 bits per heavy atom. The number of anilines is 1. The Kier molecular flexibility index (Phi) is 3.61. The van der Waals surface area contributed by atoms with Crippen LogP contribution in [0.2, 0.25) is 0 Å². The Labute approximate surface area is 108 Å². The van der Waals surface area contributed by atoms with Gasteiger partial charge in [0.1, 0.15) is 17.6 Å². The summed E-state index contributed by atoms with van der Waals surface area (Å²) in [5.41, 5.74) is -0.855. The minimum atomic E-state index is -1.34. The van der Waals surface area contributed by atoms with Crippen molar-refractivity contribution >= 4 is 17.5 Å². The molecular formula is C11H13N3O5. The smallest absolute Gasteiger partial charge is 0.342 e. The molecule has 19 heavy (non-hydrogen) atoms. The Morgan fingerprint density at radius 2 is 2.42 bits per heavy atom. The summed E-state index contributed by atoms with van der Waals surface area (Å²) in [4.78, 5) is 26.9. The Morgan fingerprint density at radius 1 is 1.68 bits per heavy atom. The molecule has 102 valence electrons. The molecule has 0 radical (unpaired) electrons. The van der Waals surface area contributed by atoms with Gasteiger partial charge in [0, 0.05) is 19.2 Å². The van der Waals surface area contributed by atoms with Gasteiger partial charge in [-0.1, -0.05) is 0 Å². The fourth-order valence-corrected chi connectivity index (χ4v) is 1.95. The summed E-state index contributed by atoms with van der Waals surface area (Å²) in [5, 5.41) is 19.7. The van der Waals surface area contributed by atoms with E-state index in [-0.39, 0.29) is 11.7 Å². The molecule has 1 unspecified atom stereocenters. The van der Waals surface area contributed by atoms with E-state index < -0.39 is 16.6 Å². The van der Waals surface area contributed by atoms with Gasteiger partial charge in [-0.3, -0.25) is 10.1 Å². The molecule has 1 aromatic heterocycles. The largest absolute Gasteiger partial charge is 0.477 e. The average molecular weight is 267 g/mol. The summed E-state index contributed by atoms with van der Waals surface area (Å²) in [6.07, 6.45) is 0.998. The lowest BCUT2D eigenvalue weighted by Crippen LogP contribution is -2.41. The van der Waals surface area contributed by atoms with Crippen LogP contribution in [-0.4, -0.2) is 46.8 Å². The number of hydrogen-bond donors (Lipinski definition) is 1. The molecule has 0 amide bonds. The molecule has 1 aromatic rings. The molecular weight excluding hydrogens is 254 g/mol. The van der Waals surface area contributed by atoms with Crippen LogP contribution in [0, 0.1) is 10.1 Å². The minimum Gasteiger partial charge on any atom is -0.477 e. The van der Waals surface area contributed by atoms with Crippen molar-refractivity contribution in [2.24, 2.45) is 0 Å². The molecule has 8 nitrogen and oxygen atoms in total. The van der Waals surface area contributed by atoms with Crippen LogP contribution in [0.1, 0.15) is 17.3 Å². The quantitative estimate of drug-likeness (QED) is 0.640. The second kappa shape index (κ2) is 5.19. The molecule has 1 N–H and O–H groups in total. The fraction of sp³-hybridized carbons (Fsp3) is 0.455. The first kappa shape index (κ1) is 13.2. The van der Waals surface area contributed by atoms with Crippen LogP contribution in [0.5, 0.6) is 0 Å². The second-order valence-electron chi connectivity index (χ2n) is 4.25. The van der Waals surface area contributed by atoms with E-state index in [1.165, 1.54) is 6.07 Å². The molecule has 2 heterocycles. The first-order valence-corrected chi connectivity index (χ1v) is 5.73. The molecule has 8 heteroatoms. The van der Waals surface area contributed by atoms with Crippen LogP contribution in [0.4, 0.5) is 11.5 Å². The zero-order valence-electron chi connectivity index (χ0n) is 10.3. The molecule has 0 aliphatic carbocycles. The number of carboxylic acids is 1. The zero-order valence-corrected chi connectivity index (χ0v) is 10.3. The third-order valence-corrected chi connectivity index (χ3v) is 2.86. The lowest BCUT2D eigenvalue weighted by Gasteiger charge is -2.32. The highest BCUT2D eigenvalue weighted by molar-refractivity contribution is 5.93. The predicted molar refractivity (Wildman–Crippen MR) is 65.5 cm³/mol.